The molecule has 0 saturated heterocycles. The Morgan fingerprint density at radius 2 is 1.54 bits per heavy atom. The van der Waals surface area contributed by atoms with E-state index in [4.69, 9.17) is 4.74 Å². The first-order chi connectivity index (χ1) is 11.6. The fourth-order valence-electron chi connectivity index (χ4n) is 2.80. The second kappa shape index (κ2) is 6.56. The molecule has 0 unspecified atom stereocenters. The van der Waals surface area contributed by atoms with Crippen molar-refractivity contribution in [2.24, 2.45) is 0 Å². The van der Waals surface area contributed by atoms with Gasteiger partial charge in [-0.05, 0) is 48.1 Å². The molecule has 0 spiro atoms. The van der Waals surface area contributed by atoms with Crippen LogP contribution in [0.25, 0.3) is 21.9 Å². The maximum Gasteiger partial charge on any atom is 0.170 e. The second-order valence-electron chi connectivity index (χ2n) is 5.50. The average molecular weight is 330 g/mol. The summed E-state index contributed by atoms with van der Waals surface area (Å²) in [6, 6.07) is 11.4. The maximum absolute atomic E-state index is 14.5. The quantitative estimate of drug-likeness (QED) is 0.580. The number of aryl methyl sites for hydroxylation is 1. The highest BCUT2D eigenvalue weighted by molar-refractivity contribution is 5.89. The topological polar surface area (TPSA) is 9.23 Å². The molecule has 0 heterocycles. The van der Waals surface area contributed by atoms with Crippen LogP contribution >= 0.6 is 0 Å². The van der Waals surface area contributed by atoms with Crippen LogP contribution in [-0.4, -0.2) is 6.61 Å². The monoisotopic (exact) mass is 330 g/mol. The van der Waals surface area contributed by atoms with Gasteiger partial charge in [0.25, 0.3) is 0 Å². The molecule has 0 radical (unpaired) electrons. The van der Waals surface area contributed by atoms with Crippen LogP contribution in [-0.2, 0) is 6.42 Å². The van der Waals surface area contributed by atoms with Gasteiger partial charge in [-0.2, -0.15) is 0 Å². The summed E-state index contributed by atoms with van der Waals surface area (Å²) in [7, 11) is 0. The molecule has 4 heteroatoms. The molecule has 1 nitrogen and oxygen atoms in total. The van der Waals surface area contributed by atoms with E-state index in [1.807, 2.05) is 6.92 Å². The average Bonchev–Trinajstić information content (AvgIpc) is 2.59. The number of halogens is 3. The third kappa shape index (κ3) is 2.73. The first kappa shape index (κ1) is 16.4. The Bertz CT molecular complexity index is 886. The molecule has 0 atom stereocenters. The van der Waals surface area contributed by atoms with Crippen LogP contribution in [0.4, 0.5) is 13.2 Å². The zero-order chi connectivity index (χ0) is 17.3. The van der Waals surface area contributed by atoms with Crippen molar-refractivity contribution in [3.63, 3.8) is 0 Å². The van der Waals surface area contributed by atoms with Crippen molar-refractivity contribution < 1.29 is 17.9 Å². The molecule has 0 aromatic heterocycles. The van der Waals surface area contributed by atoms with Crippen molar-refractivity contribution in [1.82, 2.24) is 0 Å². The van der Waals surface area contributed by atoms with Gasteiger partial charge in [-0.15, -0.1) is 0 Å². The van der Waals surface area contributed by atoms with E-state index >= 15 is 0 Å². The van der Waals surface area contributed by atoms with E-state index in [-0.39, 0.29) is 10.9 Å². The maximum atomic E-state index is 14.5. The minimum absolute atomic E-state index is 0.103. The van der Waals surface area contributed by atoms with Gasteiger partial charge in [-0.25, -0.2) is 13.2 Å². The van der Waals surface area contributed by atoms with Gasteiger partial charge >= 0.3 is 0 Å². The second-order valence-corrected chi connectivity index (χ2v) is 5.50. The van der Waals surface area contributed by atoms with Crippen molar-refractivity contribution in [2.75, 3.05) is 6.61 Å². The van der Waals surface area contributed by atoms with E-state index in [0.29, 0.717) is 35.3 Å². The third-order valence-electron chi connectivity index (χ3n) is 4.06. The summed E-state index contributed by atoms with van der Waals surface area (Å²) >= 11 is 0. The predicted octanol–water partition coefficient (Wildman–Crippen LogP) is 5.89. The normalized spacial score (nSPS) is 11.0. The van der Waals surface area contributed by atoms with Crippen LogP contribution < -0.4 is 4.74 Å². The summed E-state index contributed by atoms with van der Waals surface area (Å²) in [5, 5.41) is 0.0500. The molecule has 0 bridgehead atoms. The molecular formula is C20H17F3O. The lowest BCUT2D eigenvalue weighted by atomic mass is 9.97. The third-order valence-corrected chi connectivity index (χ3v) is 4.06. The van der Waals surface area contributed by atoms with Crippen LogP contribution in [0.15, 0.2) is 42.5 Å². The Labute approximate surface area is 138 Å². The Hall–Kier alpha value is -2.49. The molecule has 0 aliphatic carbocycles. The molecule has 0 fully saturated rings. The van der Waals surface area contributed by atoms with Crippen LogP contribution in [0, 0.1) is 17.5 Å². The lowest BCUT2D eigenvalue weighted by molar-refractivity contribution is 0.340. The summed E-state index contributed by atoms with van der Waals surface area (Å²) in [5.74, 6) is -2.23. The van der Waals surface area contributed by atoms with Crippen LogP contribution in [0.1, 0.15) is 19.4 Å². The Balaban J connectivity index is 2.17. The van der Waals surface area contributed by atoms with Crippen molar-refractivity contribution in [3.05, 3.63) is 65.5 Å². The standard InChI is InChI=1S/C20H17F3O/c1-3-12-5-6-14-11-16(19(22)20(23)17(14)18(12)21)13-7-9-15(10-8-13)24-4-2/h5-11H,3-4H2,1-2H3. The summed E-state index contributed by atoms with van der Waals surface area (Å²) in [5.41, 5.74) is 0.984. The van der Waals surface area contributed by atoms with E-state index < -0.39 is 17.5 Å². The van der Waals surface area contributed by atoms with Crippen LogP contribution in [0.3, 0.4) is 0 Å². The molecule has 0 N–H and O–H groups in total. The van der Waals surface area contributed by atoms with Crippen molar-refractivity contribution in [1.29, 1.82) is 0 Å². The first-order valence-electron chi connectivity index (χ1n) is 7.89. The minimum Gasteiger partial charge on any atom is -0.494 e. The summed E-state index contributed by atoms with van der Waals surface area (Å²) in [6.45, 7) is 4.16. The van der Waals surface area contributed by atoms with Crippen molar-refractivity contribution in [2.45, 2.75) is 20.3 Å². The van der Waals surface area contributed by atoms with Gasteiger partial charge in [0.15, 0.2) is 11.6 Å². The summed E-state index contributed by atoms with van der Waals surface area (Å²) < 4.78 is 48.7. The first-order valence-corrected chi connectivity index (χ1v) is 7.89. The number of hydrogen-bond donors (Lipinski definition) is 0. The minimum atomic E-state index is -1.15. The Kier molecular flexibility index (Phi) is 4.47. The van der Waals surface area contributed by atoms with E-state index in [1.165, 1.54) is 6.07 Å². The highest BCUT2D eigenvalue weighted by atomic mass is 19.2. The number of benzene rings is 3. The highest BCUT2D eigenvalue weighted by Gasteiger charge is 2.19. The zero-order valence-corrected chi connectivity index (χ0v) is 13.5. The van der Waals surface area contributed by atoms with Crippen molar-refractivity contribution >= 4 is 10.8 Å². The van der Waals surface area contributed by atoms with Gasteiger partial charge in [0.2, 0.25) is 0 Å². The Morgan fingerprint density at radius 3 is 2.17 bits per heavy atom. The number of fused-ring (bicyclic) bond motifs is 1. The van der Waals surface area contributed by atoms with Gasteiger partial charge in [0.05, 0.1) is 12.0 Å². The van der Waals surface area contributed by atoms with E-state index in [0.717, 1.165) is 0 Å². The molecule has 0 aliphatic rings. The molecule has 24 heavy (non-hydrogen) atoms. The molecule has 3 aromatic rings. The lowest BCUT2D eigenvalue weighted by Gasteiger charge is -2.11. The Morgan fingerprint density at radius 1 is 0.833 bits per heavy atom. The van der Waals surface area contributed by atoms with Crippen LogP contribution in [0.2, 0.25) is 0 Å². The molecule has 3 aromatic carbocycles. The number of ether oxygens (including phenoxy) is 1. The van der Waals surface area contributed by atoms with Crippen LogP contribution in [0.5, 0.6) is 5.75 Å². The summed E-state index contributed by atoms with van der Waals surface area (Å²) in [6.07, 6.45) is 0.420. The largest absolute Gasteiger partial charge is 0.494 e. The predicted molar refractivity (Wildman–Crippen MR) is 89.8 cm³/mol. The van der Waals surface area contributed by atoms with Gasteiger partial charge in [0, 0.05) is 5.56 Å². The number of hydrogen-bond acceptors (Lipinski definition) is 1. The molecule has 124 valence electrons. The SMILES string of the molecule is CCOc1ccc(-c2cc3ccc(CC)c(F)c3c(F)c2F)cc1. The van der Waals surface area contributed by atoms with Gasteiger partial charge in [-0.1, -0.05) is 31.2 Å². The molecular weight excluding hydrogens is 313 g/mol. The zero-order valence-electron chi connectivity index (χ0n) is 13.5. The van der Waals surface area contributed by atoms with Gasteiger partial charge < -0.3 is 4.74 Å². The fraction of sp³-hybridized carbons (Fsp3) is 0.200. The summed E-state index contributed by atoms with van der Waals surface area (Å²) in [4.78, 5) is 0. The number of rotatable bonds is 4. The van der Waals surface area contributed by atoms with E-state index in [9.17, 15) is 13.2 Å². The molecule has 3 rings (SSSR count). The smallest absolute Gasteiger partial charge is 0.170 e. The van der Waals surface area contributed by atoms with E-state index in [1.54, 1.807) is 43.3 Å². The van der Waals surface area contributed by atoms with Gasteiger partial charge in [-0.3, -0.25) is 0 Å². The molecule has 0 amide bonds. The van der Waals surface area contributed by atoms with E-state index in [2.05, 4.69) is 0 Å². The van der Waals surface area contributed by atoms with Gasteiger partial charge in [0.1, 0.15) is 11.6 Å². The lowest BCUT2D eigenvalue weighted by Crippen LogP contribution is -1.98. The van der Waals surface area contributed by atoms with Crippen molar-refractivity contribution in [3.8, 4) is 16.9 Å². The highest BCUT2D eigenvalue weighted by Crippen LogP contribution is 2.33. The molecule has 0 aliphatic heterocycles. The molecule has 0 saturated carbocycles. The fourth-order valence-corrected chi connectivity index (χ4v) is 2.80.